The topological polar surface area (TPSA) is 12.9 Å². The van der Waals surface area contributed by atoms with Crippen LogP contribution in [0.3, 0.4) is 0 Å². The van der Waals surface area contributed by atoms with Crippen LogP contribution in [0.1, 0.15) is 5.56 Å². The zero-order valence-corrected chi connectivity index (χ0v) is 12.9. The summed E-state index contributed by atoms with van der Waals surface area (Å²) in [5.74, 6) is 0. The van der Waals surface area contributed by atoms with Gasteiger partial charge in [-0.15, -0.1) is 0 Å². The number of benzene rings is 2. The van der Waals surface area contributed by atoms with Crippen molar-refractivity contribution in [1.82, 2.24) is 4.98 Å². The monoisotopic (exact) mass is 343 g/mol. The lowest BCUT2D eigenvalue weighted by Crippen LogP contribution is -1.87. The lowest BCUT2D eigenvalue weighted by atomic mass is 9.99. The molecule has 0 spiro atoms. The average Bonchev–Trinajstić information content (AvgIpc) is 2.47. The van der Waals surface area contributed by atoms with Gasteiger partial charge in [-0.25, -0.2) is 4.98 Å². The summed E-state index contributed by atoms with van der Waals surface area (Å²) < 4.78 is 1.02. The van der Waals surface area contributed by atoms with Crippen molar-refractivity contribution < 1.29 is 0 Å². The van der Waals surface area contributed by atoms with Crippen molar-refractivity contribution in [2.24, 2.45) is 0 Å². The van der Waals surface area contributed by atoms with E-state index >= 15 is 0 Å². The molecule has 0 bridgehead atoms. The Morgan fingerprint density at radius 1 is 1.10 bits per heavy atom. The first kappa shape index (κ1) is 13.3. The highest BCUT2D eigenvalue weighted by atomic mass is 79.9. The van der Waals surface area contributed by atoms with Gasteiger partial charge in [-0.3, -0.25) is 0 Å². The Hall–Kier alpha value is -1.64. The van der Waals surface area contributed by atoms with Gasteiger partial charge in [0, 0.05) is 9.86 Å². The predicted octanol–water partition coefficient (Wildman–Crippen LogP) is 5.96. The molecule has 1 aromatic heterocycles. The van der Waals surface area contributed by atoms with Crippen LogP contribution < -0.4 is 0 Å². The standard InChI is InChI=1S/C17H11BrClN/c1-2-11-4-3-5-12(8-11)14-10-17(19)20-16-7-6-13(18)9-15(14)16/h2-10H,1H2. The smallest absolute Gasteiger partial charge is 0.130 e. The van der Waals surface area contributed by atoms with Gasteiger partial charge in [0.05, 0.1) is 5.52 Å². The van der Waals surface area contributed by atoms with Gasteiger partial charge in [0.25, 0.3) is 0 Å². The fraction of sp³-hybridized carbons (Fsp3) is 0. The Morgan fingerprint density at radius 3 is 2.75 bits per heavy atom. The van der Waals surface area contributed by atoms with Crippen molar-refractivity contribution in [2.45, 2.75) is 0 Å². The van der Waals surface area contributed by atoms with E-state index in [4.69, 9.17) is 11.6 Å². The number of rotatable bonds is 2. The van der Waals surface area contributed by atoms with Crippen molar-refractivity contribution in [2.75, 3.05) is 0 Å². The first-order valence-corrected chi connectivity index (χ1v) is 7.33. The molecular weight excluding hydrogens is 334 g/mol. The molecule has 1 nitrogen and oxygen atoms in total. The van der Waals surface area contributed by atoms with E-state index < -0.39 is 0 Å². The molecule has 2 aromatic carbocycles. The highest BCUT2D eigenvalue weighted by Gasteiger charge is 2.08. The van der Waals surface area contributed by atoms with Crippen LogP contribution in [0.4, 0.5) is 0 Å². The molecule has 0 aliphatic rings. The van der Waals surface area contributed by atoms with Crippen LogP contribution in [0.2, 0.25) is 5.15 Å². The van der Waals surface area contributed by atoms with E-state index in [-0.39, 0.29) is 0 Å². The number of nitrogens with zero attached hydrogens (tertiary/aromatic N) is 1. The fourth-order valence-corrected chi connectivity index (χ4v) is 2.80. The van der Waals surface area contributed by atoms with Gasteiger partial charge in [-0.05, 0) is 47.0 Å². The quantitative estimate of drug-likeness (QED) is 0.523. The summed E-state index contributed by atoms with van der Waals surface area (Å²) in [7, 11) is 0. The van der Waals surface area contributed by atoms with Gasteiger partial charge < -0.3 is 0 Å². The average molecular weight is 345 g/mol. The van der Waals surface area contributed by atoms with Crippen LogP contribution in [-0.2, 0) is 0 Å². The van der Waals surface area contributed by atoms with Gasteiger partial charge in [0.2, 0.25) is 0 Å². The van der Waals surface area contributed by atoms with Gasteiger partial charge >= 0.3 is 0 Å². The number of pyridine rings is 1. The van der Waals surface area contributed by atoms with Crippen molar-refractivity contribution in [3.05, 3.63) is 70.3 Å². The summed E-state index contributed by atoms with van der Waals surface area (Å²) in [6, 6.07) is 16.1. The molecule has 0 aliphatic carbocycles. The molecule has 0 saturated heterocycles. The van der Waals surface area contributed by atoms with Crippen molar-refractivity contribution in [1.29, 1.82) is 0 Å². The summed E-state index contributed by atoms with van der Waals surface area (Å²) in [6.45, 7) is 3.81. The minimum Gasteiger partial charge on any atom is -0.236 e. The fourth-order valence-electron chi connectivity index (χ4n) is 2.24. The van der Waals surface area contributed by atoms with E-state index in [1.54, 1.807) is 0 Å². The van der Waals surface area contributed by atoms with E-state index in [0.717, 1.165) is 32.1 Å². The van der Waals surface area contributed by atoms with Crippen molar-refractivity contribution in [3.8, 4) is 11.1 Å². The second-order valence-electron chi connectivity index (χ2n) is 4.48. The van der Waals surface area contributed by atoms with Crippen LogP contribution in [-0.4, -0.2) is 4.98 Å². The molecule has 0 N–H and O–H groups in total. The zero-order valence-electron chi connectivity index (χ0n) is 10.6. The van der Waals surface area contributed by atoms with Crippen LogP contribution in [0, 0.1) is 0 Å². The molecule has 0 atom stereocenters. The Bertz CT molecular complexity index is 811. The van der Waals surface area contributed by atoms with E-state index in [9.17, 15) is 0 Å². The molecule has 0 unspecified atom stereocenters. The number of aromatic nitrogens is 1. The molecule has 98 valence electrons. The molecule has 0 saturated carbocycles. The van der Waals surface area contributed by atoms with E-state index in [2.05, 4.69) is 45.7 Å². The van der Waals surface area contributed by atoms with E-state index in [1.165, 1.54) is 0 Å². The Balaban J connectivity index is 2.33. The first-order chi connectivity index (χ1) is 9.67. The molecule has 0 aliphatic heterocycles. The predicted molar refractivity (Wildman–Crippen MR) is 90.0 cm³/mol. The molecular formula is C17H11BrClN. The highest BCUT2D eigenvalue weighted by Crippen LogP contribution is 2.32. The van der Waals surface area contributed by atoms with Crippen molar-refractivity contribution in [3.63, 3.8) is 0 Å². The lowest BCUT2D eigenvalue weighted by Gasteiger charge is -2.09. The van der Waals surface area contributed by atoms with Gasteiger partial charge in [0.15, 0.2) is 0 Å². The van der Waals surface area contributed by atoms with Crippen LogP contribution in [0.15, 0.2) is 59.6 Å². The van der Waals surface area contributed by atoms with Crippen molar-refractivity contribution >= 4 is 44.5 Å². The molecule has 3 rings (SSSR count). The highest BCUT2D eigenvalue weighted by molar-refractivity contribution is 9.10. The summed E-state index contributed by atoms with van der Waals surface area (Å²) in [6.07, 6.45) is 1.84. The Labute approximate surface area is 131 Å². The maximum absolute atomic E-state index is 6.14. The maximum atomic E-state index is 6.14. The normalized spacial score (nSPS) is 10.7. The van der Waals surface area contributed by atoms with E-state index in [0.29, 0.717) is 5.15 Å². The summed E-state index contributed by atoms with van der Waals surface area (Å²) in [4.78, 5) is 4.37. The third-order valence-corrected chi connectivity index (χ3v) is 3.86. The summed E-state index contributed by atoms with van der Waals surface area (Å²) >= 11 is 9.65. The minimum absolute atomic E-state index is 0.499. The number of hydrogen-bond donors (Lipinski definition) is 0. The number of halogens is 2. The lowest BCUT2D eigenvalue weighted by molar-refractivity contribution is 1.41. The summed E-state index contributed by atoms with van der Waals surface area (Å²) in [5.41, 5.74) is 4.15. The molecule has 3 heteroatoms. The van der Waals surface area contributed by atoms with E-state index in [1.807, 2.05) is 36.4 Å². The minimum atomic E-state index is 0.499. The molecule has 0 fully saturated rings. The molecule has 0 radical (unpaired) electrons. The Kier molecular flexibility index (Phi) is 3.60. The van der Waals surface area contributed by atoms with Gasteiger partial charge in [0.1, 0.15) is 5.15 Å². The molecule has 20 heavy (non-hydrogen) atoms. The molecule has 1 heterocycles. The SMILES string of the molecule is C=Cc1cccc(-c2cc(Cl)nc3ccc(Br)cc23)c1. The zero-order chi connectivity index (χ0) is 14.1. The molecule has 0 amide bonds. The van der Waals surface area contributed by atoms with Crippen LogP contribution >= 0.6 is 27.5 Å². The largest absolute Gasteiger partial charge is 0.236 e. The summed E-state index contributed by atoms with van der Waals surface area (Å²) in [5, 5.41) is 1.57. The maximum Gasteiger partial charge on any atom is 0.130 e. The number of hydrogen-bond acceptors (Lipinski definition) is 1. The Morgan fingerprint density at radius 2 is 1.95 bits per heavy atom. The second-order valence-corrected chi connectivity index (χ2v) is 5.79. The third kappa shape index (κ3) is 2.49. The first-order valence-electron chi connectivity index (χ1n) is 6.16. The number of fused-ring (bicyclic) bond motifs is 1. The van der Waals surface area contributed by atoms with Gasteiger partial charge in [-0.2, -0.15) is 0 Å². The molecule has 3 aromatic rings. The third-order valence-electron chi connectivity index (χ3n) is 3.17. The second kappa shape index (κ2) is 5.39. The van der Waals surface area contributed by atoms with Crippen LogP contribution in [0.5, 0.6) is 0 Å². The van der Waals surface area contributed by atoms with Gasteiger partial charge in [-0.1, -0.05) is 58.4 Å². The van der Waals surface area contributed by atoms with Crippen LogP contribution in [0.25, 0.3) is 28.1 Å².